The molecule has 0 aliphatic heterocycles. The third-order valence-electron chi connectivity index (χ3n) is 3.22. The van der Waals surface area contributed by atoms with Gasteiger partial charge in [0.05, 0.1) is 0 Å². The molecule has 0 aliphatic rings. The highest BCUT2D eigenvalue weighted by Crippen LogP contribution is 2.15. The molecule has 1 amide bonds. The van der Waals surface area contributed by atoms with Crippen LogP contribution in [0.4, 0.5) is 14.5 Å². The number of carbonyl (C=O) groups excluding carboxylic acids is 2. The zero-order valence-electron chi connectivity index (χ0n) is 13.9. The summed E-state index contributed by atoms with van der Waals surface area (Å²) in [6.45, 7) is -1.43. The van der Waals surface area contributed by atoms with Crippen molar-refractivity contribution < 1.29 is 27.8 Å². The maximum Gasteiger partial charge on any atom is 0.387 e. The second-order valence-corrected chi connectivity index (χ2v) is 5.22. The van der Waals surface area contributed by atoms with E-state index in [2.05, 4.69) is 10.1 Å². The van der Waals surface area contributed by atoms with Gasteiger partial charge in [0, 0.05) is 11.8 Å². The maximum absolute atomic E-state index is 12.1. The number of anilines is 1. The van der Waals surface area contributed by atoms with Crippen LogP contribution in [0, 0.1) is 0 Å². The SMILES string of the molecule is CC(OC(=O)/C=C/c1ccc(OC(F)F)cc1)C(=O)Nc1ccccc1. The Bertz CT molecular complexity index is 761. The second-order valence-electron chi connectivity index (χ2n) is 5.22. The Kier molecular flexibility index (Phi) is 6.84. The van der Waals surface area contributed by atoms with Gasteiger partial charge in [-0.2, -0.15) is 8.78 Å². The molecule has 0 radical (unpaired) electrons. The molecule has 5 nitrogen and oxygen atoms in total. The molecule has 0 aromatic heterocycles. The van der Waals surface area contributed by atoms with Crippen LogP contribution in [0.3, 0.4) is 0 Å². The summed E-state index contributed by atoms with van der Waals surface area (Å²) in [5, 5.41) is 2.63. The minimum Gasteiger partial charge on any atom is -0.449 e. The fourth-order valence-corrected chi connectivity index (χ4v) is 1.96. The van der Waals surface area contributed by atoms with Crippen molar-refractivity contribution >= 4 is 23.6 Å². The summed E-state index contributed by atoms with van der Waals surface area (Å²) in [5.41, 5.74) is 1.19. The van der Waals surface area contributed by atoms with Gasteiger partial charge < -0.3 is 14.8 Å². The molecule has 1 unspecified atom stereocenters. The molecule has 136 valence electrons. The van der Waals surface area contributed by atoms with Crippen LogP contribution in [0.2, 0.25) is 0 Å². The van der Waals surface area contributed by atoms with Gasteiger partial charge in [-0.25, -0.2) is 4.79 Å². The molecule has 26 heavy (non-hydrogen) atoms. The van der Waals surface area contributed by atoms with Crippen LogP contribution in [0.5, 0.6) is 5.75 Å². The van der Waals surface area contributed by atoms with Gasteiger partial charge in [0.25, 0.3) is 5.91 Å². The summed E-state index contributed by atoms with van der Waals surface area (Å²) in [6.07, 6.45) is 1.61. The van der Waals surface area contributed by atoms with Crippen LogP contribution in [0.1, 0.15) is 12.5 Å². The average molecular weight is 361 g/mol. The molecule has 2 aromatic carbocycles. The molecule has 0 heterocycles. The molecule has 0 spiro atoms. The third kappa shape index (κ3) is 6.35. The van der Waals surface area contributed by atoms with Crippen molar-refractivity contribution in [1.29, 1.82) is 0 Å². The summed E-state index contributed by atoms with van der Waals surface area (Å²) in [7, 11) is 0. The van der Waals surface area contributed by atoms with E-state index < -0.39 is 24.6 Å². The molecule has 0 bridgehead atoms. The monoisotopic (exact) mass is 361 g/mol. The van der Waals surface area contributed by atoms with Gasteiger partial charge in [0.1, 0.15) is 5.75 Å². The smallest absolute Gasteiger partial charge is 0.387 e. The van der Waals surface area contributed by atoms with Crippen LogP contribution in [0.15, 0.2) is 60.7 Å². The van der Waals surface area contributed by atoms with Gasteiger partial charge in [-0.15, -0.1) is 0 Å². The van der Waals surface area contributed by atoms with E-state index in [0.29, 0.717) is 11.3 Å². The largest absolute Gasteiger partial charge is 0.449 e. The summed E-state index contributed by atoms with van der Waals surface area (Å²) in [4.78, 5) is 23.7. The van der Waals surface area contributed by atoms with Gasteiger partial charge in [-0.1, -0.05) is 30.3 Å². The first-order valence-electron chi connectivity index (χ1n) is 7.73. The fraction of sp³-hybridized carbons (Fsp3) is 0.158. The van der Waals surface area contributed by atoms with Crippen LogP contribution in [-0.4, -0.2) is 24.6 Å². The number of rotatable bonds is 7. The highest BCUT2D eigenvalue weighted by molar-refractivity contribution is 5.96. The zero-order chi connectivity index (χ0) is 18.9. The number of esters is 1. The number of alkyl halides is 2. The Hall–Kier alpha value is -3.22. The van der Waals surface area contributed by atoms with Gasteiger partial charge in [-0.05, 0) is 42.8 Å². The predicted octanol–water partition coefficient (Wildman–Crippen LogP) is 3.87. The van der Waals surface area contributed by atoms with Crippen molar-refractivity contribution in [2.24, 2.45) is 0 Å². The number of nitrogens with one attached hydrogen (secondary N) is 1. The first-order chi connectivity index (χ1) is 12.4. The number of ether oxygens (including phenoxy) is 2. The van der Waals surface area contributed by atoms with E-state index in [4.69, 9.17) is 4.74 Å². The van der Waals surface area contributed by atoms with Crippen molar-refractivity contribution in [1.82, 2.24) is 0 Å². The number of benzene rings is 2. The average Bonchev–Trinajstić information content (AvgIpc) is 2.61. The van der Waals surface area contributed by atoms with Crippen LogP contribution in [-0.2, 0) is 14.3 Å². The Balaban J connectivity index is 1.85. The number of carbonyl (C=O) groups is 2. The van der Waals surface area contributed by atoms with E-state index in [1.54, 1.807) is 24.3 Å². The maximum atomic E-state index is 12.1. The summed E-state index contributed by atoms with van der Waals surface area (Å²) >= 11 is 0. The van der Waals surface area contributed by atoms with E-state index in [9.17, 15) is 18.4 Å². The topological polar surface area (TPSA) is 64.6 Å². The van der Waals surface area contributed by atoms with Gasteiger partial charge in [-0.3, -0.25) is 4.79 Å². The Morgan fingerprint density at radius 1 is 1.04 bits per heavy atom. The van der Waals surface area contributed by atoms with E-state index in [-0.39, 0.29) is 5.75 Å². The van der Waals surface area contributed by atoms with Crippen LogP contribution in [0.25, 0.3) is 6.08 Å². The first-order valence-corrected chi connectivity index (χ1v) is 7.73. The Morgan fingerprint density at radius 3 is 2.31 bits per heavy atom. The Labute approximate surface area is 149 Å². The van der Waals surface area contributed by atoms with E-state index in [1.807, 2.05) is 6.07 Å². The molecule has 0 saturated carbocycles. The molecular weight excluding hydrogens is 344 g/mol. The highest BCUT2D eigenvalue weighted by Gasteiger charge is 2.16. The zero-order valence-corrected chi connectivity index (χ0v) is 13.9. The number of amides is 1. The molecule has 0 fully saturated rings. The van der Waals surface area contributed by atoms with Crippen molar-refractivity contribution in [2.45, 2.75) is 19.6 Å². The number of para-hydroxylation sites is 1. The normalized spacial score (nSPS) is 12.0. The van der Waals surface area contributed by atoms with E-state index in [0.717, 1.165) is 6.08 Å². The lowest BCUT2D eigenvalue weighted by molar-refractivity contribution is -0.148. The number of hydrogen-bond acceptors (Lipinski definition) is 4. The van der Waals surface area contributed by atoms with Crippen molar-refractivity contribution in [3.8, 4) is 5.75 Å². The highest BCUT2D eigenvalue weighted by atomic mass is 19.3. The van der Waals surface area contributed by atoms with Gasteiger partial charge >= 0.3 is 12.6 Å². The molecule has 0 saturated heterocycles. The Morgan fingerprint density at radius 2 is 1.69 bits per heavy atom. The minimum absolute atomic E-state index is 0.0194. The molecule has 2 aromatic rings. The quantitative estimate of drug-likeness (QED) is 0.601. The minimum atomic E-state index is -2.89. The molecule has 1 N–H and O–H groups in total. The molecular formula is C19H17F2NO4. The lowest BCUT2D eigenvalue weighted by Gasteiger charge is -2.12. The lowest BCUT2D eigenvalue weighted by Crippen LogP contribution is -2.29. The first kappa shape index (κ1) is 19.1. The summed E-state index contributed by atoms with van der Waals surface area (Å²) in [6, 6.07) is 14.5. The summed E-state index contributed by atoms with van der Waals surface area (Å²) in [5.74, 6) is -1.13. The van der Waals surface area contributed by atoms with Crippen molar-refractivity contribution in [2.75, 3.05) is 5.32 Å². The number of hydrogen-bond donors (Lipinski definition) is 1. The molecule has 2 rings (SSSR count). The van der Waals surface area contributed by atoms with Crippen LogP contribution >= 0.6 is 0 Å². The second kappa shape index (κ2) is 9.31. The molecule has 7 heteroatoms. The number of halogens is 2. The third-order valence-corrected chi connectivity index (χ3v) is 3.22. The fourth-order valence-electron chi connectivity index (χ4n) is 1.96. The van der Waals surface area contributed by atoms with Crippen LogP contribution < -0.4 is 10.1 Å². The molecule has 0 aliphatic carbocycles. The summed E-state index contributed by atoms with van der Waals surface area (Å²) < 4.78 is 33.4. The van der Waals surface area contributed by atoms with Crippen molar-refractivity contribution in [3.63, 3.8) is 0 Å². The van der Waals surface area contributed by atoms with E-state index >= 15 is 0 Å². The molecule has 1 atom stereocenters. The van der Waals surface area contributed by atoms with Crippen molar-refractivity contribution in [3.05, 3.63) is 66.2 Å². The standard InChI is InChI=1S/C19H17F2NO4/c1-13(18(24)22-15-5-3-2-4-6-15)25-17(23)12-9-14-7-10-16(11-8-14)26-19(20)21/h2-13,19H,1H3,(H,22,24)/b12-9+. The van der Waals surface area contributed by atoms with E-state index in [1.165, 1.54) is 37.3 Å². The van der Waals surface area contributed by atoms with Gasteiger partial charge in [0.2, 0.25) is 0 Å². The predicted molar refractivity (Wildman–Crippen MR) is 92.7 cm³/mol. The lowest BCUT2D eigenvalue weighted by atomic mass is 10.2. The van der Waals surface area contributed by atoms with Gasteiger partial charge in [0.15, 0.2) is 6.10 Å².